The third-order valence-electron chi connectivity index (χ3n) is 3.76. The number of nitrogens with one attached hydrogen (secondary N) is 1. The molecule has 0 saturated carbocycles. The number of hydrazone groups is 1. The predicted octanol–water partition coefficient (Wildman–Crippen LogP) is 0.160. The molecule has 2 heterocycles. The number of ether oxygens (including phenoxy) is 3. The number of anilines is 1. The number of methoxy groups -OCH3 is 3. The molecule has 0 aliphatic heterocycles. The number of carbonyl (C=O) groups excluding carboxylic acids is 1. The minimum atomic E-state index is -0.614. The molecule has 0 atom stereocenters. The fourth-order valence-corrected chi connectivity index (χ4v) is 2.48. The van der Waals surface area contributed by atoms with Crippen molar-refractivity contribution in [3.8, 4) is 17.3 Å². The van der Waals surface area contributed by atoms with Gasteiger partial charge in [-0.2, -0.15) is 9.78 Å². The van der Waals surface area contributed by atoms with Crippen LogP contribution in [0.15, 0.2) is 27.9 Å². The van der Waals surface area contributed by atoms with Crippen molar-refractivity contribution in [3.05, 3.63) is 35.2 Å². The Labute approximate surface area is 164 Å². The Morgan fingerprint density at radius 1 is 1.31 bits per heavy atom. The van der Waals surface area contributed by atoms with Gasteiger partial charge in [0.25, 0.3) is 5.91 Å². The van der Waals surface area contributed by atoms with Gasteiger partial charge in [-0.05, 0) is 22.4 Å². The first-order valence-electron chi connectivity index (χ1n) is 8.17. The second-order valence-electron chi connectivity index (χ2n) is 5.48. The molecule has 0 aliphatic rings. The van der Waals surface area contributed by atoms with E-state index in [4.69, 9.17) is 19.9 Å². The van der Waals surface area contributed by atoms with Crippen LogP contribution in [0.1, 0.15) is 21.7 Å². The zero-order valence-electron chi connectivity index (χ0n) is 15.8. The van der Waals surface area contributed by atoms with E-state index >= 15 is 0 Å². The lowest BCUT2D eigenvalue weighted by atomic mass is 10.2. The maximum atomic E-state index is 12.5. The Morgan fingerprint density at radius 2 is 2.14 bits per heavy atom. The van der Waals surface area contributed by atoms with Crippen molar-refractivity contribution >= 4 is 17.9 Å². The van der Waals surface area contributed by atoms with Crippen molar-refractivity contribution in [2.75, 3.05) is 27.1 Å². The number of para-hydroxylation sites is 1. The van der Waals surface area contributed by atoms with Gasteiger partial charge in [0.05, 0.1) is 27.0 Å². The molecule has 29 heavy (non-hydrogen) atoms. The van der Waals surface area contributed by atoms with Crippen LogP contribution >= 0.6 is 0 Å². The van der Waals surface area contributed by atoms with Crippen LogP contribution in [0.3, 0.4) is 0 Å². The van der Waals surface area contributed by atoms with Crippen molar-refractivity contribution in [1.82, 2.24) is 30.7 Å². The van der Waals surface area contributed by atoms with Gasteiger partial charge in [0.15, 0.2) is 17.2 Å². The number of nitrogen functional groups attached to an aromatic ring is 1. The fraction of sp³-hybridized carbons (Fsp3) is 0.250. The SMILES string of the molecule is COCc1c(C(=O)NN=Cc2cccc(OC)c2OC)nnn1-c1nonc1N. The Kier molecular flexibility index (Phi) is 5.99. The number of rotatable bonds is 8. The molecule has 13 heteroatoms. The molecule has 2 aromatic heterocycles. The van der Waals surface area contributed by atoms with Crippen LogP contribution in [0.2, 0.25) is 0 Å². The molecule has 3 N–H and O–H groups in total. The number of hydrogen-bond acceptors (Lipinski definition) is 11. The van der Waals surface area contributed by atoms with Gasteiger partial charge in [0, 0.05) is 12.7 Å². The van der Waals surface area contributed by atoms with Crippen LogP contribution in [0, 0.1) is 0 Å². The van der Waals surface area contributed by atoms with Gasteiger partial charge >= 0.3 is 0 Å². The molecule has 0 unspecified atom stereocenters. The minimum absolute atomic E-state index is 0.00940. The highest BCUT2D eigenvalue weighted by atomic mass is 16.6. The summed E-state index contributed by atoms with van der Waals surface area (Å²) < 4.78 is 21.4. The van der Waals surface area contributed by atoms with Gasteiger partial charge in [-0.25, -0.2) is 10.1 Å². The third kappa shape index (κ3) is 3.98. The van der Waals surface area contributed by atoms with E-state index in [1.165, 1.54) is 32.2 Å². The molecule has 13 nitrogen and oxygen atoms in total. The van der Waals surface area contributed by atoms with Crippen LogP contribution in [0.5, 0.6) is 11.5 Å². The topological polar surface area (TPSA) is 165 Å². The van der Waals surface area contributed by atoms with Crippen LogP contribution in [-0.2, 0) is 11.3 Å². The molecule has 152 valence electrons. The lowest BCUT2D eigenvalue weighted by molar-refractivity contribution is 0.0944. The number of carbonyl (C=O) groups is 1. The van der Waals surface area contributed by atoms with E-state index < -0.39 is 5.91 Å². The summed E-state index contributed by atoms with van der Waals surface area (Å²) in [6.45, 7) is 0.00940. The van der Waals surface area contributed by atoms with E-state index in [0.29, 0.717) is 22.8 Å². The number of nitrogens with zero attached hydrogens (tertiary/aromatic N) is 6. The first-order chi connectivity index (χ1) is 14.1. The molecule has 0 bridgehead atoms. The van der Waals surface area contributed by atoms with Crippen molar-refractivity contribution < 1.29 is 23.6 Å². The summed E-state index contributed by atoms with van der Waals surface area (Å²) in [7, 11) is 4.49. The molecule has 1 amide bonds. The van der Waals surface area contributed by atoms with Gasteiger partial charge in [-0.3, -0.25) is 4.79 Å². The molecule has 0 spiro atoms. The summed E-state index contributed by atoms with van der Waals surface area (Å²) in [6, 6.07) is 5.27. The molecule has 0 aliphatic carbocycles. The van der Waals surface area contributed by atoms with E-state index in [1.54, 1.807) is 18.2 Å². The van der Waals surface area contributed by atoms with Crippen LogP contribution in [0.25, 0.3) is 5.82 Å². The first-order valence-corrected chi connectivity index (χ1v) is 8.17. The lowest BCUT2D eigenvalue weighted by Crippen LogP contribution is -2.20. The normalized spacial score (nSPS) is 11.0. The Bertz CT molecular complexity index is 1030. The van der Waals surface area contributed by atoms with Gasteiger partial charge < -0.3 is 19.9 Å². The lowest BCUT2D eigenvalue weighted by Gasteiger charge is -2.09. The van der Waals surface area contributed by atoms with E-state index in [1.807, 2.05) is 0 Å². The quantitative estimate of drug-likeness (QED) is 0.391. The molecule has 3 aromatic rings. The predicted molar refractivity (Wildman–Crippen MR) is 98.9 cm³/mol. The van der Waals surface area contributed by atoms with E-state index in [9.17, 15) is 4.79 Å². The second-order valence-corrected chi connectivity index (χ2v) is 5.48. The highest BCUT2D eigenvalue weighted by Crippen LogP contribution is 2.29. The number of aromatic nitrogens is 5. The van der Waals surface area contributed by atoms with Crippen molar-refractivity contribution in [1.29, 1.82) is 0 Å². The van der Waals surface area contributed by atoms with E-state index in [-0.39, 0.29) is 23.9 Å². The van der Waals surface area contributed by atoms with E-state index in [2.05, 4.69) is 35.8 Å². The first kappa shape index (κ1) is 19.8. The molecular formula is C16H18N8O5. The summed E-state index contributed by atoms with van der Waals surface area (Å²) in [5.74, 6) is 0.479. The highest BCUT2D eigenvalue weighted by Gasteiger charge is 2.23. The zero-order valence-corrected chi connectivity index (χ0v) is 15.8. The summed E-state index contributed by atoms with van der Waals surface area (Å²) in [4.78, 5) is 12.5. The summed E-state index contributed by atoms with van der Waals surface area (Å²) in [5.41, 5.74) is 8.93. The van der Waals surface area contributed by atoms with Gasteiger partial charge in [0.1, 0.15) is 5.69 Å². The van der Waals surface area contributed by atoms with Crippen molar-refractivity contribution in [3.63, 3.8) is 0 Å². The smallest absolute Gasteiger partial charge is 0.293 e. The van der Waals surface area contributed by atoms with Gasteiger partial charge in [0.2, 0.25) is 11.6 Å². The average Bonchev–Trinajstić information content (AvgIpc) is 3.33. The van der Waals surface area contributed by atoms with E-state index in [0.717, 1.165) is 0 Å². The van der Waals surface area contributed by atoms with Crippen molar-refractivity contribution in [2.24, 2.45) is 5.10 Å². The Balaban J connectivity index is 1.82. The maximum absolute atomic E-state index is 12.5. The number of nitrogens with two attached hydrogens (primary N) is 1. The molecule has 0 saturated heterocycles. The van der Waals surface area contributed by atoms with Gasteiger partial charge in [-0.15, -0.1) is 5.10 Å². The van der Waals surface area contributed by atoms with Crippen LogP contribution in [-0.4, -0.2) is 58.8 Å². The molecule has 1 aromatic carbocycles. The van der Waals surface area contributed by atoms with Gasteiger partial charge in [-0.1, -0.05) is 11.3 Å². The summed E-state index contributed by atoms with van der Waals surface area (Å²) >= 11 is 0. The fourth-order valence-electron chi connectivity index (χ4n) is 2.48. The zero-order chi connectivity index (χ0) is 20.8. The Morgan fingerprint density at radius 3 is 2.79 bits per heavy atom. The largest absolute Gasteiger partial charge is 0.493 e. The number of benzene rings is 1. The summed E-state index contributed by atoms with van der Waals surface area (Å²) in [5, 5.41) is 18.8. The van der Waals surface area contributed by atoms with Crippen molar-refractivity contribution in [2.45, 2.75) is 6.61 Å². The standard InChI is InChI=1S/C16H18N8O5/c1-26-8-10-12(19-23-24(10)15-14(17)21-29-22-15)16(25)20-18-7-9-5-4-6-11(27-2)13(9)28-3/h4-7H,8H2,1-3H3,(H2,17,21)(H,20,25). The Hall–Kier alpha value is -4.00. The second kappa shape index (κ2) is 8.79. The highest BCUT2D eigenvalue weighted by molar-refractivity contribution is 5.94. The van der Waals surface area contributed by atoms with Crippen LogP contribution < -0.4 is 20.6 Å². The van der Waals surface area contributed by atoms with Crippen LogP contribution in [0.4, 0.5) is 5.82 Å². The molecular weight excluding hydrogens is 384 g/mol. The third-order valence-corrected chi connectivity index (χ3v) is 3.76. The number of amides is 1. The average molecular weight is 402 g/mol. The monoisotopic (exact) mass is 402 g/mol. The molecule has 0 fully saturated rings. The minimum Gasteiger partial charge on any atom is -0.493 e. The molecule has 3 rings (SSSR count). The summed E-state index contributed by atoms with van der Waals surface area (Å²) in [6.07, 6.45) is 1.42. The number of hydrogen-bond donors (Lipinski definition) is 2. The molecule has 0 radical (unpaired) electrons. The maximum Gasteiger partial charge on any atom is 0.293 e.